The summed E-state index contributed by atoms with van der Waals surface area (Å²) in [7, 11) is 0. The van der Waals surface area contributed by atoms with Crippen LogP contribution in [0.3, 0.4) is 0 Å². The first-order valence-electron chi connectivity index (χ1n) is 8.06. The zero-order valence-corrected chi connectivity index (χ0v) is 12.2. The second-order valence-corrected chi connectivity index (χ2v) is 6.75. The van der Waals surface area contributed by atoms with Gasteiger partial charge in [0.25, 0.3) is 0 Å². The summed E-state index contributed by atoms with van der Waals surface area (Å²) in [5, 5.41) is 3.47. The fraction of sp³-hybridized carbons (Fsp3) is 0.933. The van der Waals surface area contributed by atoms with Gasteiger partial charge in [-0.25, -0.2) is 0 Å². The fourth-order valence-corrected chi connectivity index (χ4v) is 4.20. The standard InChI is InChI=1S/C15H23F3N2O/c16-15(17,18)13-4-2-1-3-12(13)14(21)20-8-7-10-5-6-11(9-20)19-10/h10-13,19H,1-9H2. The molecule has 3 rings (SSSR count). The predicted octanol–water partition coefficient (Wildman–Crippen LogP) is 2.71. The highest BCUT2D eigenvalue weighted by Gasteiger charge is 2.49. The van der Waals surface area contributed by atoms with Crippen LogP contribution in [0.25, 0.3) is 0 Å². The van der Waals surface area contributed by atoms with Gasteiger partial charge in [0.15, 0.2) is 0 Å². The van der Waals surface area contributed by atoms with Crippen molar-refractivity contribution in [1.29, 1.82) is 0 Å². The van der Waals surface area contributed by atoms with Gasteiger partial charge in [0.1, 0.15) is 0 Å². The summed E-state index contributed by atoms with van der Waals surface area (Å²) in [5.74, 6) is -2.55. The summed E-state index contributed by atoms with van der Waals surface area (Å²) in [6.45, 7) is 1.19. The second-order valence-electron chi connectivity index (χ2n) is 6.75. The Morgan fingerprint density at radius 1 is 1.00 bits per heavy atom. The molecule has 2 heterocycles. The van der Waals surface area contributed by atoms with E-state index >= 15 is 0 Å². The average Bonchev–Trinajstić information content (AvgIpc) is 2.77. The van der Waals surface area contributed by atoms with Gasteiger partial charge in [0.2, 0.25) is 5.91 Å². The van der Waals surface area contributed by atoms with Crippen LogP contribution in [0.1, 0.15) is 44.9 Å². The first-order chi connectivity index (χ1) is 9.95. The third-order valence-electron chi connectivity index (χ3n) is 5.34. The summed E-state index contributed by atoms with van der Waals surface area (Å²) in [6, 6.07) is 0.715. The number of rotatable bonds is 1. The van der Waals surface area contributed by atoms with Crippen molar-refractivity contribution < 1.29 is 18.0 Å². The molecular weight excluding hydrogens is 281 g/mol. The zero-order valence-electron chi connectivity index (χ0n) is 12.2. The fourth-order valence-electron chi connectivity index (χ4n) is 4.20. The topological polar surface area (TPSA) is 32.3 Å². The van der Waals surface area contributed by atoms with E-state index in [1.54, 1.807) is 4.90 Å². The summed E-state index contributed by atoms with van der Waals surface area (Å²) in [5.41, 5.74) is 0. The SMILES string of the molecule is O=C(C1CCCCC1C(F)(F)F)N1CCC2CCC(C1)N2. The quantitative estimate of drug-likeness (QED) is 0.808. The van der Waals surface area contributed by atoms with E-state index in [0.717, 1.165) is 25.7 Å². The Kier molecular flexibility index (Phi) is 4.17. The minimum Gasteiger partial charge on any atom is -0.341 e. The number of nitrogens with zero attached hydrogens (tertiary/aromatic N) is 1. The number of carbonyl (C=O) groups excluding carboxylic acids is 1. The number of likely N-dealkylation sites (tertiary alicyclic amines) is 1. The van der Waals surface area contributed by atoms with Crippen LogP contribution in [0.15, 0.2) is 0 Å². The molecule has 0 radical (unpaired) electrons. The maximum atomic E-state index is 13.2. The van der Waals surface area contributed by atoms with E-state index in [2.05, 4.69) is 5.32 Å². The van der Waals surface area contributed by atoms with Crippen molar-refractivity contribution in [3.05, 3.63) is 0 Å². The molecule has 0 aromatic carbocycles. The van der Waals surface area contributed by atoms with Crippen LogP contribution in [0, 0.1) is 11.8 Å². The molecule has 1 N–H and O–H groups in total. The Labute approximate surface area is 123 Å². The van der Waals surface area contributed by atoms with Crippen molar-refractivity contribution in [3.8, 4) is 0 Å². The van der Waals surface area contributed by atoms with Gasteiger partial charge in [-0.15, -0.1) is 0 Å². The Bertz CT molecular complexity index is 399. The molecule has 1 saturated carbocycles. The third kappa shape index (κ3) is 3.20. The molecule has 1 aliphatic carbocycles. The van der Waals surface area contributed by atoms with Gasteiger partial charge < -0.3 is 10.2 Å². The van der Waals surface area contributed by atoms with Crippen LogP contribution in [0.5, 0.6) is 0 Å². The van der Waals surface area contributed by atoms with Crippen LogP contribution in [-0.2, 0) is 4.79 Å². The Balaban J connectivity index is 1.70. The maximum Gasteiger partial charge on any atom is 0.392 e. The highest BCUT2D eigenvalue weighted by Crippen LogP contribution is 2.42. The second kappa shape index (κ2) is 5.78. The zero-order chi connectivity index (χ0) is 15.0. The van der Waals surface area contributed by atoms with Crippen molar-refractivity contribution in [1.82, 2.24) is 10.2 Å². The highest BCUT2D eigenvalue weighted by atomic mass is 19.4. The van der Waals surface area contributed by atoms with Crippen LogP contribution >= 0.6 is 0 Å². The molecule has 0 aromatic rings. The van der Waals surface area contributed by atoms with E-state index in [9.17, 15) is 18.0 Å². The molecule has 120 valence electrons. The van der Waals surface area contributed by atoms with E-state index in [1.807, 2.05) is 0 Å². The first kappa shape index (κ1) is 15.1. The number of halogens is 3. The molecule has 2 bridgehead atoms. The Morgan fingerprint density at radius 2 is 1.71 bits per heavy atom. The van der Waals surface area contributed by atoms with Crippen molar-refractivity contribution in [2.24, 2.45) is 11.8 Å². The van der Waals surface area contributed by atoms with Gasteiger partial charge in [-0.05, 0) is 32.1 Å². The molecule has 6 heteroatoms. The highest BCUT2D eigenvalue weighted by molar-refractivity contribution is 5.79. The lowest BCUT2D eigenvalue weighted by molar-refractivity contribution is -0.201. The summed E-state index contributed by atoms with van der Waals surface area (Å²) in [6.07, 6.45) is 0.596. The smallest absolute Gasteiger partial charge is 0.341 e. The van der Waals surface area contributed by atoms with E-state index < -0.39 is 18.0 Å². The Hall–Kier alpha value is -0.780. The van der Waals surface area contributed by atoms with Gasteiger partial charge in [-0.3, -0.25) is 4.79 Å². The summed E-state index contributed by atoms with van der Waals surface area (Å²) >= 11 is 0. The number of amides is 1. The molecule has 2 aliphatic heterocycles. The molecule has 1 amide bonds. The summed E-state index contributed by atoms with van der Waals surface area (Å²) < 4.78 is 39.5. The first-order valence-corrected chi connectivity index (χ1v) is 8.06. The predicted molar refractivity (Wildman–Crippen MR) is 72.6 cm³/mol. The number of carbonyl (C=O) groups is 1. The molecule has 3 fully saturated rings. The largest absolute Gasteiger partial charge is 0.392 e. The van der Waals surface area contributed by atoms with E-state index in [-0.39, 0.29) is 18.4 Å². The molecule has 0 aromatic heterocycles. The van der Waals surface area contributed by atoms with E-state index in [4.69, 9.17) is 0 Å². The minimum absolute atomic E-state index is 0.109. The monoisotopic (exact) mass is 304 g/mol. The molecule has 3 nitrogen and oxygen atoms in total. The third-order valence-corrected chi connectivity index (χ3v) is 5.34. The molecule has 3 aliphatic rings. The number of alkyl halides is 3. The van der Waals surface area contributed by atoms with Crippen molar-refractivity contribution in [2.45, 2.75) is 63.2 Å². The van der Waals surface area contributed by atoms with Crippen molar-refractivity contribution in [2.75, 3.05) is 13.1 Å². The van der Waals surface area contributed by atoms with Gasteiger partial charge >= 0.3 is 6.18 Å². The lowest BCUT2D eigenvalue weighted by Gasteiger charge is -2.36. The normalized spacial score (nSPS) is 37.4. The van der Waals surface area contributed by atoms with Gasteiger partial charge in [0.05, 0.1) is 5.92 Å². The number of hydrogen-bond donors (Lipinski definition) is 1. The molecule has 21 heavy (non-hydrogen) atoms. The van der Waals surface area contributed by atoms with Crippen LogP contribution in [0.2, 0.25) is 0 Å². The van der Waals surface area contributed by atoms with Crippen molar-refractivity contribution in [3.63, 3.8) is 0 Å². The molecular formula is C15H23F3N2O. The van der Waals surface area contributed by atoms with E-state index in [1.165, 1.54) is 0 Å². The minimum atomic E-state index is -4.25. The van der Waals surface area contributed by atoms with Crippen molar-refractivity contribution >= 4 is 5.91 Å². The van der Waals surface area contributed by atoms with Gasteiger partial charge in [0, 0.05) is 31.1 Å². The average molecular weight is 304 g/mol. The van der Waals surface area contributed by atoms with Gasteiger partial charge in [-0.1, -0.05) is 12.8 Å². The van der Waals surface area contributed by atoms with Crippen LogP contribution in [-0.4, -0.2) is 42.2 Å². The number of hydrogen-bond acceptors (Lipinski definition) is 2. The molecule has 4 atom stereocenters. The Morgan fingerprint density at radius 3 is 2.48 bits per heavy atom. The summed E-state index contributed by atoms with van der Waals surface area (Å²) in [4.78, 5) is 14.3. The van der Waals surface area contributed by atoms with Crippen LogP contribution < -0.4 is 5.32 Å². The lowest BCUT2D eigenvalue weighted by atomic mass is 9.78. The van der Waals surface area contributed by atoms with E-state index in [0.29, 0.717) is 32.0 Å². The molecule has 2 saturated heterocycles. The van der Waals surface area contributed by atoms with Gasteiger partial charge in [-0.2, -0.15) is 13.2 Å². The lowest BCUT2D eigenvalue weighted by Crippen LogP contribution is -2.47. The number of nitrogens with one attached hydrogen (secondary N) is 1. The molecule has 0 spiro atoms. The number of fused-ring (bicyclic) bond motifs is 2. The maximum absolute atomic E-state index is 13.2. The van der Waals surface area contributed by atoms with Crippen LogP contribution in [0.4, 0.5) is 13.2 Å². The molecule has 4 unspecified atom stereocenters.